The van der Waals surface area contributed by atoms with E-state index in [4.69, 9.17) is 9.15 Å². The van der Waals surface area contributed by atoms with Gasteiger partial charge in [0.2, 0.25) is 11.8 Å². The number of aliphatic hydroxyl groups is 1. The topological polar surface area (TPSA) is 93.3 Å². The van der Waals surface area contributed by atoms with Crippen molar-refractivity contribution in [3.63, 3.8) is 0 Å². The van der Waals surface area contributed by atoms with Crippen LogP contribution in [0.4, 0.5) is 0 Å². The van der Waals surface area contributed by atoms with E-state index < -0.39 is 6.10 Å². The summed E-state index contributed by atoms with van der Waals surface area (Å²) >= 11 is 0. The van der Waals surface area contributed by atoms with Crippen molar-refractivity contribution in [2.24, 2.45) is 0 Å². The fourth-order valence-electron chi connectivity index (χ4n) is 1.68. The Hall–Kier alpha value is -1.99. The van der Waals surface area contributed by atoms with Crippen molar-refractivity contribution in [2.75, 3.05) is 13.2 Å². The van der Waals surface area contributed by atoms with Crippen molar-refractivity contribution in [3.8, 4) is 17.3 Å². The zero-order chi connectivity index (χ0) is 15.2. The molecule has 1 unspecified atom stereocenters. The number of nitrogens with one attached hydrogen (secondary N) is 1. The van der Waals surface area contributed by atoms with Crippen LogP contribution >= 0.6 is 0 Å². The first-order valence-electron chi connectivity index (χ1n) is 6.86. The number of aromatic nitrogens is 3. The highest BCUT2D eigenvalue weighted by Crippen LogP contribution is 2.26. The molecule has 2 aromatic heterocycles. The number of hydrogen-bond donors (Lipinski definition) is 2. The zero-order valence-corrected chi connectivity index (χ0v) is 12.4. The minimum Gasteiger partial charge on any atom is -0.474 e. The van der Waals surface area contributed by atoms with Crippen LogP contribution in [0.25, 0.3) is 11.5 Å². The van der Waals surface area contributed by atoms with Gasteiger partial charge < -0.3 is 19.6 Å². The molecular formula is C14H20N4O3. The van der Waals surface area contributed by atoms with E-state index >= 15 is 0 Å². The molecule has 0 radical (unpaired) electrons. The molecule has 0 amide bonds. The second kappa shape index (κ2) is 7.14. The maximum absolute atomic E-state index is 9.86. The summed E-state index contributed by atoms with van der Waals surface area (Å²) in [6.45, 7) is 6.34. The van der Waals surface area contributed by atoms with Gasteiger partial charge in [-0.1, -0.05) is 13.8 Å². The van der Waals surface area contributed by atoms with Crippen molar-refractivity contribution in [2.45, 2.75) is 32.9 Å². The van der Waals surface area contributed by atoms with Gasteiger partial charge in [-0.3, -0.25) is 0 Å². The second-order valence-corrected chi connectivity index (χ2v) is 5.01. The number of pyridine rings is 1. The van der Waals surface area contributed by atoms with Crippen LogP contribution in [0, 0.1) is 6.92 Å². The zero-order valence-electron chi connectivity index (χ0n) is 12.4. The van der Waals surface area contributed by atoms with Crippen LogP contribution in [0.2, 0.25) is 0 Å². The summed E-state index contributed by atoms with van der Waals surface area (Å²) in [6, 6.07) is 3.86. The summed E-state index contributed by atoms with van der Waals surface area (Å²) in [6.07, 6.45) is 0.993. The van der Waals surface area contributed by atoms with Gasteiger partial charge in [0, 0.05) is 25.7 Å². The molecule has 1 atom stereocenters. The van der Waals surface area contributed by atoms with Crippen molar-refractivity contribution in [1.29, 1.82) is 0 Å². The molecular weight excluding hydrogens is 272 g/mol. The third-order valence-corrected chi connectivity index (χ3v) is 2.70. The summed E-state index contributed by atoms with van der Waals surface area (Å²) < 4.78 is 10.9. The standard InChI is InChI=1S/C14H20N4O3/c1-9(2)16-7-11(19)8-20-13-12(5-4-6-15-13)14-18-17-10(3)21-14/h4-6,9,11,16,19H,7-8H2,1-3H3. The molecule has 21 heavy (non-hydrogen) atoms. The number of rotatable bonds is 7. The van der Waals surface area contributed by atoms with E-state index in [0.717, 1.165) is 0 Å². The molecule has 0 aliphatic carbocycles. The van der Waals surface area contributed by atoms with Crippen LogP contribution in [0.3, 0.4) is 0 Å². The monoisotopic (exact) mass is 292 g/mol. The molecule has 0 aromatic carbocycles. The number of hydrogen-bond acceptors (Lipinski definition) is 7. The molecule has 0 aliphatic rings. The van der Waals surface area contributed by atoms with Crippen molar-refractivity contribution in [3.05, 3.63) is 24.2 Å². The van der Waals surface area contributed by atoms with Crippen LogP contribution in [0.15, 0.2) is 22.7 Å². The average molecular weight is 292 g/mol. The quantitative estimate of drug-likeness (QED) is 0.791. The number of ether oxygens (including phenoxy) is 1. The molecule has 2 N–H and O–H groups in total. The predicted molar refractivity (Wildman–Crippen MR) is 76.9 cm³/mol. The number of nitrogens with zero attached hydrogens (tertiary/aromatic N) is 3. The highest BCUT2D eigenvalue weighted by atomic mass is 16.5. The van der Waals surface area contributed by atoms with Crippen LogP contribution in [-0.4, -0.2) is 45.6 Å². The third-order valence-electron chi connectivity index (χ3n) is 2.70. The molecule has 0 saturated carbocycles. The smallest absolute Gasteiger partial charge is 0.253 e. The van der Waals surface area contributed by atoms with Gasteiger partial charge in [-0.05, 0) is 12.1 Å². The Bertz CT molecular complexity index is 571. The molecule has 0 aliphatic heterocycles. The minimum atomic E-state index is -0.619. The van der Waals surface area contributed by atoms with E-state index in [1.54, 1.807) is 25.3 Å². The molecule has 0 spiro atoms. The molecule has 0 bridgehead atoms. The van der Waals surface area contributed by atoms with Gasteiger partial charge in [0.25, 0.3) is 5.89 Å². The van der Waals surface area contributed by atoms with E-state index in [1.807, 2.05) is 13.8 Å². The highest BCUT2D eigenvalue weighted by molar-refractivity contribution is 5.59. The lowest BCUT2D eigenvalue weighted by molar-refractivity contribution is 0.102. The molecule has 0 fully saturated rings. The van der Waals surface area contributed by atoms with E-state index in [-0.39, 0.29) is 6.61 Å². The van der Waals surface area contributed by atoms with E-state index in [9.17, 15) is 5.11 Å². The average Bonchev–Trinajstić information content (AvgIpc) is 2.89. The summed E-state index contributed by atoms with van der Waals surface area (Å²) in [7, 11) is 0. The van der Waals surface area contributed by atoms with Crippen molar-refractivity contribution < 1.29 is 14.3 Å². The lowest BCUT2D eigenvalue weighted by Gasteiger charge is -2.15. The summed E-state index contributed by atoms with van der Waals surface area (Å²) in [5, 5.41) is 20.7. The van der Waals surface area contributed by atoms with Gasteiger partial charge in [-0.2, -0.15) is 0 Å². The van der Waals surface area contributed by atoms with Gasteiger partial charge >= 0.3 is 0 Å². The largest absolute Gasteiger partial charge is 0.474 e. The molecule has 0 saturated heterocycles. The summed E-state index contributed by atoms with van der Waals surface area (Å²) in [5.41, 5.74) is 0.613. The Balaban J connectivity index is 2.00. The van der Waals surface area contributed by atoms with Crippen LogP contribution < -0.4 is 10.1 Å². The lowest BCUT2D eigenvalue weighted by atomic mass is 10.2. The first-order chi connectivity index (χ1) is 10.1. The van der Waals surface area contributed by atoms with E-state index in [2.05, 4.69) is 20.5 Å². The molecule has 2 aromatic rings. The first-order valence-corrected chi connectivity index (χ1v) is 6.86. The van der Waals surface area contributed by atoms with Crippen LogP contribution in [0.5, 0.6) is 5.88 Å². The van der Waals surface area contributed by atoms with Gasteiger partial charge in [-0.25, -0.2) is 4.98 Å². The maximum atomic E-state index is 9.86. The van der Waals surface area contributed by atoms with Gasteiger partial charge in [-0.15, -0.1) is 10.2 Å². The van der Waals surface area contributed by atoms with Gasteiger partial charge in [0.05, 0.1) is 0 Å². The number of aliphatic hydroxyl groups excluding tert-OH is 1. The Morgan fingerprint density at radius 2 is 2.19 bits per heavy atom. The normalized spacial score (nSPS) is 12.6. The summed E-state index contributed by atoms with van der Waals surface area (Å²) in [4.78, 5) is 4.15. The fraction of sp³-hybridized carbons (Fsp3) is 0.500. The molecule has 2 heterocycles. The van der Waals surface area contributed by atoms with Crippen LogP contribution in [0.1, 0.15) is 19.7 Å². The van der Waals surface area contributed by atoms with Gasteiger partial charge in [0.15, 0.2) is 0 Å². The Labute approximate surface area is 123 Å². The van der Waals surface area contributed by atoms with Crippen molar-refractivity contribution in [1.82, 2.24) is 20.5 Å². The minimum absolute atomic E-state index is 0.136. The van der Waals surface area contributed by atoms with E-state index in [1.165, 1.54) is 0 Å². The Kier molecular flexibility index (Phi) is 5.24. The number of aryl methyl sites for hydroxylation is 1. The molecule has 7 nitrogen and oxygen atoms in total. The summed E-state index contributed by atoms with van der Waals surface area (Å²) in [5.74, 6) is 1.19. The lowest BCUT2D eigenvalue weighted by Crippen LogP contribution is -2.35. The maximum Gasteiger partial charge on any atom is 0.253 e. The SMILES string of the molecule is Cc1nnc(-c2cccnc2OCC(O)CNC(C)C)o1. The Morgan fingerprint density at radius 3 is 2.86 bits per heavy atom. The fourth-order valence-corrected chi connectivity index (χ4v) is 1.68. The molecule has 7 heteroatoms. The Morgan fingerprint density at radius 1 is 1.38 bits per heavy atom. The first kappa shape index (κ1) is 15.4. The molecule has 114 valence electrons. The van der Waals surface area contributed by atoms with Gasteiger partial charge in [0.1, 0.15) is 18.3 Å². The second-order valence-electron chi connectivity index (χ2n) is 5.01. The predicted octanol–water partition coefficient (Wildman–Crippen LogP) is 1.18. The van der Waals surface area contributed by atoms with E-state index in [0.29, 0.717) is 35.8 Å². The third kappa shape index (κ3) is 4.51. The molecule has 2 rings (SSSR count). The highest BCUT2D eigenvalue weighted by Gasteiger charge is 2.15. The van der Waals surface area contributed by atoms with Crippen LogP contribution in [-0.2, 0) is 0 Å². The van der Waals surface area contributed by atoms with Crippen molar-refractivity contribution >= 4 is 0 Å².